The number of hydrogen-bond donors (Lipinski definition) is 0. The molecule has 6 nitrogen and oxygen atoms in total. The lowest BCUT2D eigenvalue weighted by Crippen LogP contribution is -2.62. The summed E-state index contributed by atoms with van der Waals surface area (Å²) in [5.74, 6) is 0. The fourth-order valence-electron chi connectivity index (χ4n) is 12.7. The van der Waals surface area contributed by atoms with Crippen LogP contribution in [0.5, 0.6) is 0 Å². The monoisotopic (exact) mass is 747 g/mol. The van der Waals surface area contributed by atoms with Gasteiger partial charge in [0.05, 0.1) is 56.6 Å². The highest BCUT2D eigenvalue weighted by Crippen LogP contribution is 2.70. The fourth-order valence-corrected chi connectivity index (χ4v) is 12.7. The van der Waals surface area contributed by atoms with Crippen molar-refractivity contribution in [1.82, 2.24) is 19.1 Å². The van der Waals surface area contributed by atoms with Crippen molar-refractivity contribution >= 4 is 33.4 Å². The number of nitrogens with zero attached hydrogens (tertiary/aromatic N) is 6. The van der Waals surface area contributed by atoms with Crippen LogP contribution >= 0.6 is 0 Å². The molecule has 10 rings (SSSR count). The number of benzene rings is 2. The number of pyridine rings is 2. The topological polar surface area (TPSA) is 42.1 Å². The molecule has 8 heterocycles. The van der Waals surface area contributed by atoms with Crippen molar-refractivity contribution in [3.05, 3.63) is 118 Å². The van der Waals surface area contributed by atoms with Gasteiger partial charge in [0.1, 0.15) is 0 Å². The molecule has 0 spiro atoms. The number of fused-ring (bicyclic) bond motifs is 14. The van der Waals surface area contributed by atoms with Gasteiger partial charge >= 0.3 is 0 Å². The normalized spacial score (nSPS) is 26.9. The van der Waals surface area contributed by atoms with Crippen LogP contribution in [0, 0.1) is 24.7 Å². The quantitative estimate of drug-likeness (QED) is 0.155. The first-order valence-electron chi connectivity index (χ1n) is 20.8. The molecule has 292 valence electrons. The Hall–Kier alpha value is -4.58. The van der Waals surface area contributed by atoms with Crippen molar-refractivity contribution in [2.75, 3.05) is 9.80 Å². The first-order chi connectivity index (χ1) is 26.1. The summed E-state index contributed by atoms with van der Waals surface area (Å²) in [5.41, 5.74) is 18.8. The Labute approximate surface area is 335 Å². The predicted octanol–water partition coefficient (Wildman–Crippen LogP) is 12.0. The summed E-state index contributed by atoms with van der Waals surface area (Å²) in [6.45, 7) is 33.7. The summed E-state index contributed by atoms with van der Waals surface area (Å²) in [6, 6.07) is 22.8. The van der Waals surface area contributed by atoms with E-state index in [0.717, 1.165) is 11.0 Å². The van der Waals surface area contributed by atoms with Gasteiger partial charge in [0, 0.05) is 59.8 Å². The second-order valence-electron chi connectivity index (χ2n) is 20.1. The van der Waals surface area contributed by atoms with Gasteiger partial charge in [0.25, 0.3) is 0 Å². The van der Waals surface area contributed by atoms with E-state index in [0.29, 0.717) is 0 Å². The molecule has 0 saturated heterocycles. The summed E-state index contributed by atoms with van der Waals surface area (Å²) in [6.07, 6.45) is 3.87. The van der Waals surface area contributed by atoms with Gasteiger partial charge in [0.2, 0.25) is 0 Å². The Kier molecular flexibility index (Phi) is 7.33. The molecule has 4 aromatic heterocycles. The molecule has 56 heavy (non-hydrogen) atoms. The molecule has 0 fully saturated rings. The Morgan fingerprint density at radius 3 is 1.21 bits per heavy atom. The van der Waals surface area contributed by atoms with E-state index < -0.39 is 0 Å². The smallest absolute Gasteiger partial charge is 0.0937 e. The van der Waals surface area contributed by atoms with E-state index in [2.05, 4.69) is 191 Å². The molecule has 0 bridgehead atoms. The standard InChI is InChI=1S/2C25H31N3/c2*1-15-11-9-12-17-21(15)28-16(2)19-20-18(13-10-14-26-20)27(8)22(19)25(28,7)24(5,6)23(17,3)4/h2*9-14,16H,1-8H3. The molecular formula is C50H62N6. The highest BCUT2D eigenvalue weighted by molar-refractivity contribution is 5.88. The molecule has 0 amide bonds. The maximum atomic E-state index is 4.83. The minimum absolute atomic E-state index is 0.0163. The van der Waals surface area contributed by atoms with Crippen molar-refractivity contribution < 1.29 is 0 Å². The van der Waals surface area contributed by atoms with Crippen LogP contribution in [0.25, 0.3) is 22.1 Å². The van der Waals surface area contributed by atoms with E-state index in [-0.39, 0.29) is 44.8 Å². The van der Waals surface area contributed by atoms with Gasteiger partial charge in [-0.15, -0.1) is 0 Å². The molecule has 0 N–H and O–H groups in total. The first kappa shape index (κ1) is 37.0. The Morgan fingerprint density at radius 1 is 0.500 bits per heavy atom. The molecule has 0 aliphatic carbocycles. The van der Waals surface area contributed by atoms with Gasteiger partial charge in [-0.25, -0.2) is 0 Å². The minimum Gasteiger partial charge on any atom is -0.353 e. The number of aryl methyl sites for hydroxylation is 4. The van der Waals surface area contributed by atoms with Crippen LogP contribution in [0.2, 0.25) is 0 Å². The molecule has 6 heteroatoms. The lowest BCUT2D eigenvalue weighted by Gasteiger charge is -2.62. The Morgan fingerprint density at radius 2 is 0.857 bits per heavy atom. The summed E-state index contributed by atoms with van der Waals surface area (Å²) < 4.78 is 4.82. The molecule has 4 aliphatic heterocycles. The summed E-state index contributed by atoms with van der Waals surface area (Å²) in [4.78, 5) is 15.1. The molecule has 0 radical (unpaired) electrons. The van der Waals surface area contributed by atoms with Crippen LogP contribution in [0.4, 0.5) is 11.4 Å². The summed E-state index contributed by atoms with van der Waals surface area (Å²) >= 11 is 0. The van der Waals surface area contributed by atoms with E-state index in [1.165, 1.54) is 67.2 Å². The summed E-state index contributed by atoms with van der Waals surface area (Å²) in [5, 5.41) is 0. The molecule has 6 aromatic rings. The third kappa shape index (κ3) is 3.85. The van der Waals surface area contributed by atoms with Crippen molar-refractivity contribution in [1.29, 1.82) is 0 Å². The number of aromatic nitrogens is 4. The SMILES string of the molecule is Cc1cccc2c1N1C(C)c3c(n(C)c4cccnc34)C1(C)C(C)(C)C2(C)C.Cc1cccc2c1N1C(C)c3c(n(C)c4cccnc34)C1(C)C(C)(C)C2(C)C. The van der Waals surface area contributed by atoms with Crippen molar-refractivity contribution in [3.8, 4) is 0 Å². The van der Waals surface area contributed by atoms with Crippen molar-refractivity contribution in [2.45, 2.75) is 131 Å². The first-order valence-corrected chi connectivity index (χ1v) is 20.8. The van der Waals surface area contributed by atoms with Gasteiger partial charge < -0.3 is 18.9 Å². The van der Waals surface area contributed by atoms with Crippen LogP contribution in [-0.4, -0.2) is 19.1 Å². The Bertz CT molecular complexity index is 2450. The van der Waals surface area contributed by atoms with E-state index >= 15 is 0 Å². The van der Waals surface area contributed by atoms with Gasteiger partial charge in [-0.05, 0) is 98.9 Å². The van der Waals surface area contributed by atoms with Crippen LogP contribution in [0.1, 0.15) is 140 Å². The second kappa shape index (κ2) is 11.1. The second-order valence-corrected chi connectivity index (χ2v) is 20.1. The average Bonchev–Trinajstić information content (AvgIpc) is 3.79. The highest BCUT2D eigenvalue weighted by atomic mass is 15.3. The summed E-state index contributed by atoms with van der Waals surface area (Å²) in [7, 11) is 4.45. The Balaban J connectivity index is 0.000000146. The number of para-hydroxylation sites is 2. The van der Waals surface area contributed by atoms with Crippen LogP contribution in [0.3, 0.4) is 0 Å². The van der Waals surface area contributed by atoms with Gasteiger partial charge in [-0.1, -0.05) is 91.8 Å². The van der Waals surface area contributed by atoms with Crippen LogP contribution in [0.15, 0.2) is 73.1 Å². The van der Waals surface area contributed by atoms with Crippen molar-refractivity contribution in [2.24, 2.45) is 24.9 Å². The average molecular weight is 747 g/mol. The van der Waals surface area contributed by atoms with Crippen LogP contribution in [-0.2, 0) is 36.0 Å². The minimum atomic E-state index is -0.125. The fraction of sp³-hybridized carbons (Fsp3) is 0.480. The van der Waals surface area contributed by atoms with E-state index in [9.17, 15) is 0 Å². The maximum Gasteiger partial charge on any atom is 0.0937 e. The van der Waals surface area contributed by atoms with Gasteiger partial charge in [-0.3, -0.25) is 9.97 Å². The van der Waals surface area contributed by atoms with Crippen molar-refractivity contribution in [3.63, 3.8) is 0 Å². The molecule has 4 unspecified atom stereocenters. The number of rotatable bonds is 0. The van der Waals surface area contributed by atoms with E-state index in [1.54, 1.807) is 0 Å². The zero-order valence-electron chi connectivity index (χ0n) is 36.8. The predicted molar refractivity (Wildman–Crippen MR) is 234 cm³/mol. The molecule has 2 aromatic carbocycles. The zero-order chi connectivity index (χ0) is 40.4. The lowest BCUT2D eigenvalue weighted by molar-refractivity contribution is 0.0608. The molecule has 4 atom stereocenters. The molecular weight excluding hydrogens is 685 g/mol. The lowest BCUT2D eigenvalue weighted by atomic mass is 9.52. The largest absolute Gasteiger partial charge is 0.353 e. The van der Waals surface area contributed by atoms with Crippen LogP contribution < -0.4 is 9.80 Å². The van der Waals surface area contributed by atoms with Gasteiger partial charge in [0.15, 0.2) is 0 Å². The molecule has 4 aliphatic rings. The van der Waals surface area contributed by atoms with E-state index in [1.807, 2.05) is 12.4 Å². The number of anilines is 2. The third-order valence-corrected chi connectivity index (χ3v) is 17.3. The number of hydrogen-bond acceptors (Lipinski definition) is 4. The van der Waals surface area contributed by atoms with Gasteiger partial charge in [-0.2, -0.15) is 0 Å². The maximum absolute atomic E-state index is 4.83. The third-order valence-electron chi connectivity index (χ3n) is 17.3. The highest BCUT2D eigenvalue weighted by Gasteiger charge is 2.67. The zero-order valence-corrected chi connectivity index (χ0v) is 36.8. The molecule has 0 saturated carbocycles. The van der Waals surface area contributed by atoms with E-state index in [4.69, 9.17) is 9.97 Å².